The maximum absolute atomic E-state index is 14.3. The molecule has 5 aliphatic rings. The number of hydrogen-bond acceptors (Lipinski definition) is 7. The molecular formula is C29H37N5O4. The minimum absolute atomic E-state index is 0.0243. The molecule has 38 heavy (non-hydrogen) atoms. The number of pyridine rings is 1. The number of rotatable bonds is 8. The van der Waals surface area contributed by atoms with E-state index in [-0.39, 0.29) is 17.0 Å². The highest BCUT2D eigenvalue weighted by Gasteiger charge is 2.56. The number of carbonyl (C=O) groups is 1. The third-order valence-electron chi connectivity index (χ3n) is 9.39. The summed E-state index contributed by atoms with van der Waals surface area (Å²) >= 11 is 0. The van der Waals surface area contributed by atoms with Crippen molar-refractivity contribution in [2.45, 2.75) is 38.5 Å². The normalized spacial score (nSPS) is 28.3. The Labute approximate surface area is 223 Å². The Morgan fingerprint density at radius 1 is 1.08 bits per heavy atom. The van der Waals surface area contributed by atoms with E-state index in [9.17, 15) is 14.9 Å². The fourth-order valence-electron chi connectivity index (χ4n) is 7.99. The molecule has 0 N–H and O–H groups in total. The van der Waals surface area contributed by atoms with Crippen LogP contribution in [0, 0.1) is 33.3 Å². The quantitative estimate of drug-likeness (QED) is 0.378. The lowest BCUT2D eigenvalue weighted by atomic mass is 9.49. The number of nitro groups is 1. The number of anilines is 2. The molecule has 1 aliphatic heterocycles. The summed E-state index contributed by atoms with van der Waals surface area (Å²) in [5, 5.41) is 11.5. The molecule has 0 radical (unpaired) electrons. The number of ether oxygens (including phenoxy) is 1. The molecule has 0 unspecified atom stereocenters. The summed E-state index contributed by atoms with van der Waals surface area (Å²) in [6, 6.07) is 11.0. The summed E-state index contributed by atoms with van der Waals surface area (Å²) < 4.78 is 5.55. The summed E-state index contributed by atoms with van der Waals surface area (Å²) in [6.45, 7) is 4.70. The van der Waals surface area contributed by atoms with Crippen LogP contribution in [0.2, 0.25) is 0 Å². The smallest absolute Gasteiger partial charge is 0.274 e. The average molecular weight is 520 g/mol. The van der Waals surface area contributed by atoms with Gasteiger partial charge in [0.05, 0.1) is 29.2 Å². The highest BCUT2D eigenvalue weighted by Crippen LogP contribution is 2.60. The molecule has 1 aromatic heterocycles. The van der Waals surface area contributed by atoms with Crippen molar-refractivity contribution in [2.24, 2.45) is 23.2 Å². The second-order valence-electron chi connectivity index (χ2n) is 11.8. The van der Waals surface area contributed by atoms with Gasteiger partial charge in [0, 0.05) is 51.5 Å². The number of carbonyl (C=O) groups excluding carboxylic acids is 1. The molecule has 202 valence electrons. The lowest BCUT2D eigenvalue weighted by Crippen LogP contribution is -2.56. The summed E-state index contributed by atoms with van der Waals surface area (Å²) in [7, 11) is 1.70. The van der Waals surface area contributed by atoms with Crippen LogP contribution < -0.4 is 14.5 Å². The predicted molar refractivity (Wildman–Crippen MR) is 145 cm³/mol. The second-order valence-corrected chi connectivity index (χ2v) is 11.8. The average Bonchev–Trinajstić information content (AvgIpc) is 2.93. The Morgan fingerprint density at radius 2 is 1.74 bits per heavy atom. The second kappa shape index (κ2) is 10.2. The van der Waals surface area contributed by atoms with Crippen molar-refractivity contribution in [3.63, 3.8) is 0 Å². The van der Waals surface area contributed by atoms with E-state index in [1.807, 2.05) is 18.2 Å². The maximum atomic E-state index is 14.3. The van der Waals surface area contributed by atoms with Crippen molar-refractivity contribution in [1.29, 1.82) is 0 Å². The molecule has 4 aliphatic carbocycles. The number of piperazine rings is 1. The standard InChI is InChI=1S/C29H37N5O4/c1-38-26-5-3-2-4-25(26)32-11-8-31(9-12-32)10-13-33(27-17-24(34(36)37)6-7-30-27)28(35)29-18-21-14-22(19-29)16-23(15-21)20-29/h2-7,17,21-23H,8-16,18-20H2,1H3. The number of hydrogen-bond donors (Lipinski definition) is 0. The van der Waals surface area contributed by atoms with Gasteiger partial charge in [0.15, 0.2) is 0 Å². The van der Waals surface area contributed by atoms with Crippen molar-refractivity contribution in [3.05, 3.63) is 52.7 Å². The van der Waals surface area contributed by atoms with Crippen molar-refractivity contribution in [1.82, 2.24) is 9.88 Å². The van der Waals surface area contributed by atoms with E-state index in [0.717, 1.165) is 56.9 Å². The van der Waals surface area contributed by atoms with Gasteiger partial charge in [-0.3, -0.25) is 24.7 Å². The van der Waals surface area contributed by atoms with Gasteiger partial charge in [0.1, 0.15) is 11.6 Å². The van der Waals surface area contributed by atoms with E-state index < -0.39 is 4.92 Å². The SMILES string of the molecule is COc1ccccc1N1CCN(CCN(C(=O)C23CC4CC(CC(C4)C2)C3)c2cc([N+](=O)[O-])ccn2)CC1. The van der Waals surface area contributed by atoms with E-state index >= 15 is 0 Å². The lowest BCUT2D eigenvalue weighted by molar-refractivity contribution is -0.384. The van der Waals surface area contributed by atoms with Gasteiger partial charge < -0.3 is 9.64 Å². The van der Waals surface area contributed by atoms with Crippen LogP contribution in [0.5, 0.6) is 5.75 Å². The van der Waals surface area contributed by atoms with Crippen LogP contribution in [0.25, 0.3) is 0 Å². The van der Waals surface area contributed by atoms with Gasteiger partial charge in [-0.2, -0.15) is 0 Å². The van der Waals surface area contributed by atoms with Crippen LogP contribution in [-0.2, 0) is 4.79 Å². The zero-order valence-corrected chi connectivity index (χ0v) is 22.1. The molecule has 9 nitrogen and oxygen atoms in total. The first kappa shape index (κ1) is 25.1. The molecular weight excluding hydrogens is 482 g/mol. The fraction of sp³-hybridized carbons (Fsp3) is 0.586. The number of nitrogens with zero attached hydrogens (tertiary/aromatic N) is 5. The molecule has 5 fully saturated rings. The first-order chi connectivity index (χ1) is 18.4. The minimum Gasteiger partial charge on any atom is -0.495 e. The molecule has 1 amide bonds. The Bertz CT molecular complexity index is 1160. The molecule has 1 aromatic carbocycles. The van der Waals surface area contributed by atoms with Crippen LogP contribution in [0.3, 0.4) is 0 Å². The van der Waals surface area contributed by atoms with Crippen LogP contribution in [-0.4, -0.2) is 67.1 Å². The summed E-state index contributed by atoms with van der Waals surface area (Å²) in [4.78, 5) is 36.4. The number of benzene rings is 1. The van der Waals surface area contributed by atoms with Gasteiger partial charge in [-0.15, -0.1) is 0 Å². The van der Waals surface area contributed by atoms with Gasteiger partial charge in [-0.1, -0.05) is 12.1 Å². The minimum atomic E-state index is -0.407. The Morgan fingerprint density at radius 3 is 2.37 bits per heavy atom. The fourth-order valence-corrected chi connectivity index (χ4v) is 7.99. The lowest BCUT2D eigenvalue weighted by Gasteiger charge is -2.56. The van der Waals surface area contributed by atoms with Gasteiger partial charge in [-0.05, 0) is 68.4 Å². The monoisotopic (exact) mass is 519 g/mol. The highest BCUT2D eigenvalue weighted by molar-refractivity contribution is 5.97. The van der Waals surface area contributed by atoms with Gasteiger partial charge in [-0.25, -0.2) is 4.98 Å². The first-order valence-corrected chi connectivity index (χ1v) is 14.0. The van der Waals surface area contributed by atoms with Crippen LogP contribution in [0.4, 0.5) is 17.2 Å². The summed E-state index contributed by atoms with van der Waals surface area (Å²) in [5.41, 5.74) is 0.752. The zero-order chi connectivity index (χ0) is 26.3. The first-order valence-electron chi connectivity index (χ1n) is 14.0. The molecule has 2 heterocycles. The van der Waals surface area contributed by atoms with E-state index in [2.05, 4.69) is 20.9 Å². The molecule has 9 heteroatoms. The van der Waals surface area contributed by atoms with Crippen LogP contribution >= 0.6 is 0 Å². The number of aromatic nitrogens is 1. The third-order valence-corrected chi connectivity index (χ3v) is 9.39. The van der Waals surface area contributed by atoms with E-state index in [0.29, 0.717) is 36.7 Å². The van der Waals surface area contributed by atoms with E-state index in [1.165, 1.54) is 37.6 Å². The Balaban J connectivity index is 1.18. The van der Waals surface area contributed by atoms with Crippen molar-refractivity contribution < 1.29 is 14.5 Å². The Kier molecular flexibility index (Phi) is 6.72. The molecule has 0 atom stereocenters. The zero-order valence-electron chi connectivity index (χ0n) is 22.1. The Hall–Kier alpha value is -3.20. The molecule has 7 rings (SSSR count). The molecule has 4 saturated carbocycles. The molecule has 1 saturated heterocycles. The predicted octanol–water partition coefficient (Wildman–Crippen LogP) is 4.37. The van der Waals surface area contributed by atoms with Crippen molar-refractivity contribution in [3.8, 4) is 5.75 Å². The van der Waals surface area contributed by atoms with Crippen molar-refractivity contribution in [2.75, 3.05) is 56.2 Å². The van der Waals surface area contributed by atoms with Gasteiger partial charge in [0.2, 0.25) is 5.91 Å². The van der Waals surface area contributed by atoms with Gasteiger partial charge in [0.25, 0.3) is 5.69 Å². The van der Waals surface area contributed by atoms with Gasteiger partial charge >= 0.3 is 0 Å². The molecule has 4 bridgehead atoms. The van der Waals surface area contributed by atoms with E-state index in [4.69, 9.17) is 4.74 Å². The summed E-state index contributed by atoms with van der Waals surface area (Å²) in [6.07, 6.45) is 8.12. The maximum Gasteiger partial charge on any atom is 0.274 e. The van der Waals surface area contributed by atoms with Crippen LogP contribution in [0.15, 0.2) is 42.6 Å². The third kappa shape index (κ3) is 4.72. The van der Waals surface area contributed by atoms with E-state index in [1.54, 1.807) is 12.0 Å². The largest absolute Gasteiger partial charge is 0.495 e. The topological polar surface area (TPSA) is 92.0 Å². The summed E-state index contributed by atoms with van der Waals surface area (Å²) in [5.74, 6) is 3.37. The van der Waals surface area contributed by atoms with Crippen LogP contribution in [0.1, 0.15) is 38.5 Å². The van der Waals surface area contributed by atoms with Crippen molar-refractivity contribution >= 4 is 23.1 Å². The molecule has 2 aromatic rings. The number of amides is 1. The highest BCUT2D eigenvalue weighted by atomic mass is 16.6. The number of para-hydroxylation sites is 2. The molecule has 0 spiro atoms. The number of methoxy groups -OCH3 is 1.